The van der Waals surface area contributed by atoms with Gasteiger partial charge in [0.05, 0.1) is 7.05 Å². The Morgan fingerprint density at radius 1 is 1.83 bits per heavy atom. The monoisotopic (exact) mass is 170 g/mol. The maximum absolute atomic E-state index is 10.5. The Labute approximate surface area is 69.8 Å². The van der Waals surface area contributed by atoms with Crippen molar-refractivity contribution in [2.75, 3.05) is 6.61 Å². The molecule has 0 atom stereocenters. The topological polar surface area (TPSA) is 58.2 Å². The Balaban J connectivity index is 3.04. The quantitative estimate of drug-likeness (QED) is 0.499. The summed E-state index contributed by atoms with van der Waals surface area (Å²) in [5.41, 5.74) is 0. The Kier molecular flexibility index (Phi) is 2.32. The Morgan fingerprint density at radius 2 is 2.50 bits per heavy atom. The molecule has 0 saturated carbocycles. The van der Waals surface area contributed by atoms with Gasteiger partial charge in [0.25, 0.3) is 0 Å². The van der Waals surface area contributed by atoms with Crippen LogP contribution in [0.15, 0.2) is 12.4 Å². The van der Waals surface area contributed by atoms with E-state index in [-0.39, 0.29) is 5.82 Å². The standard InChI is InChI=1S/C7H10N2O3/c1-3-12-9-5-4-8(2)6(9)7(10)11/h4-5H,3H2,1-2H3. The highest BCUT2D eigenvalue weighted by molar-refractivity contribution is 5.79. The zero-order valence-electron chi connectivity index (χ0n) is 6.98. The lowest BCUT2D eigenvalue weighted by atomic mass is 10.6. The molecular weight excluding hydrogens is 160 g/mol. The van der Waals surface area contributed by atoms with Crippen molar-refractivity contribution in [2.24, 2.45) is 7.05 Å². The number of aryl methyl sites for hydroxylation is 1. The van der Waals surface area contributed by atoms with Crippen molar-refractivity contribution in [1.29, 1.82) is 0 Å². The van der Waals surface area contributed by atoms with Crippen LogP contribution in [0.3, 0.4) is 0 Å². The number of carboxylic acids is 1. The minimum Gasteiger partial charge on any atom is -0.538 e. The van der Waals surface area contributed by atoms with E-state index in [0.717, 1.165) is 0 Å². The second-order valence-electron chi connectivity index (χ2n) is 2.26. The van der Waals surface area contributed by atoms with Crippen LogP contribution in [-0.2, 0) is 7.05 Å². The molecule has 66 valence electrons. The molecule has 0 bridgehead atoms. The molecule has 0 fully saturated rings. The molecule has 0 unspecified atom stereocenters. The van der Waals surface area contributed by atoms with Gasteiger partial charge in [-0.05, 0) is 11.7 Å². The van der Waals surface area contributed by atoms with Gasteiger partial charge in [-0.25, -0.2) is 4.57 Å². The summed E-state index contributed by atoms with van der Waals surface area (Å²) in [5, 5.41) is 10.5. The molecule has 0 aliphatic heterocycles. The average molecular weight is 170 g/mol. The summed E-state index contributed by atoms with van der Waals surface area (Å²) in [5.74, 6) is -1.26. The second kappa shape index (κ2) is 3.25. The second-order valence-corrected chi connectivity index (χ2v) is 2.26. The minimum atomic E-state index is -1.25. The van der Waals surface area contributed by atoms with Crippen molar-refractivity contribution in [1.82, 2.24) is 4.73 Å². The average Bonchev–Trinajstić information content (AvgIpc) is 2.32. The number of hydrogen-bond acceptors (Lipinski definition) is 3. The lowest BCUT2D eigenvalue weighted by Crippen LogP contribution is -2.42. The molecule has 0 aliphatic carbocycles. The third kappa shape index (κ3) is 1.39. The Hall–Kier alpha value is -1.52. The molecule has 1 rings (SSSR count). The van der Waals surface area contributed by atoms with Crippen LogP contribution in [0.5, 0.6) is 0 Å². The highest BCUT2D eigenvalue weighted by Crippen LogP contribution is 1.89. The first-order chi connectivity index (χ1) is 5.66. The van der Waals surface area contributed by atoms with E-state index in [2.05, 4.69) is 0 Å². The summed E-state index contributed by atoms with van der Waals surface area (Å²) < 4.78 is 2.60. The number of nitrogens with zero attached hydrogens (tertiary/aromatic N) is 2. The van der Waals surface area contributed by atoms with E-state index in [0.29, 0.717) is 6.61 Å². The first-order valence-electron chi connectivity index (χ1n) is 3.58. The van der Waals surface area contributed by atoms with Gasteiger partial charge in [-0.15, -0.1) is 0 Å². The first-order valence-corrected chi connectivity index (χ1v) is 3.58. The zero-order chi connectivity index (χ0) is 9.14. The molecule has 0 amide bonds. The van der Waals surface area contributed by atoms with E-state index in [1.807, 2.05) is 0 Å². The van der Waals surface area contributed by atoms with Gasteiger partial charge in [0.1, 0.15) is 12.8 Å². The molecule has 1 heterocycles. The van der Waals surface area contributed by atoms with Crippen LogP contribution in [0, 0.1) is 0 Å². The molecule has 0 saturated heterocycles. The molecule has 1 aromatic heterocycles. The van der Waals surface area contributed by atoms with E-state index in [4.69, 9.17) is 4.84 Å². The summed E-state index contributed by atoms with van der Waals surface area (Å²) in [7, 11) is 1.61. The summed E-state index contributed by atoms with van der Waals surface area (Å²) in [4.78, 5) is 15.5. The fourth-order valence-corrected chi connectivity index (χ4v) is 0.934. The van der Waals surface area contributed by atoms with Crippen LogP contribution in [0.25, 0.3) is 0 Å². The van der Waals surface area contributed by atoms with Gasteiger partial charge < -0.3 is 14.7 Å². The van der Waals surface area contributed by atoms with E-state index in [1.54, 1.807) is 20.2 Å². The van der Waals surface area contributed by atoms with Crippen molar-refractivity contribution >= 4 is 5.97 Å². The molecule has 0 aromatic carbocycles. The van der Waals surface area contributed by atoms with Crippen LogP contribution in [0.2, 0.25) is 0 Å². The van der Waals surface area contributed by atoms with Gasteiger partial charge in [-0.2, -0.15) is 0 Å². The Morgan fingerprint density at radius 3 is 3.00 bits per heavy atom. The highest BCUT2D eigenvalue weighted by atomic mass is 16.7. The molecule has 12 heavy (non-hydrogen) atoms. The van der Waals surface area contributed by atoms with Crippen molar-refractivity contribution in [3.05, 3.63) is 18.2 Å². The summed E-state index contributed by atoms with van der Waals surface area (Å²) in [6.07, 6.45) is 3.11. The molecule has 1 aromatic rings. The van der Waals surface area contributed by atoms with Gasteiger partial charge >= 0.3 is 5.82 Å². The third-order valence-electron chi connectivity index (χ3n) is 1.42. The van der Waals surface area contributed by atoms with Crippen LogP contribution in [0.4, 0.5) is 0 Å². The van der Waals surface area contributed by atoms with Gasteiger partial charge in [0.2, 0.25) is 0 Å². The van der Waals surface area contributed by atoms with Gasteiger partial charge in [-0.3, -0.25) is 0 Å². The summed E-state index contributed by atoms with van der Waals surface area (Å²) in [6, 6.07) is 0. The predicted molar refractivity (Wildman–Crippen MR) is 37.1 cm³/mol. The molecule has 0 aliphatic rings. The maximum atomic E-state index is 10.5. The lowest BCUT2D eigenvalue weighted by molar-refractivity contribution is -0.676. The summed E-state index contributed by atoms with van der Waals surface area (Å²) in [6.45, 7) is 2.19. The zero-order valence-corrected chi connectivity index (χ0v) is 6.98. The molecule has 0 spiro atoms. The number of carboxylic acid groups (broad SMARTS) is 1. The van der Waals surface area contributed by atoms with E-state index in [9.17, 15) is 9.90 Å². The highest BCUT2D eigenvalue weighted by Gasteiger charge is 2.16. The minimum absolute atomic E-state index is 0.00292. The van der Waals surface area contributed by atoms with Gasteiger partial charge in [-0.1, -0.05) is 0 Å². The molecule has 5 heteroatoms. The fourth-order valence-electron chi connectivity index (χ4n) is 0.934. The molecule has 0 radical (unpaired) electrons. The largest absolute Gasteiger partial charge is 0.538 e. The van der Waals surface area contributed by atoms with Crippen LogP contribution in [0.1, 0.15) is 17.5 Å². The smallest absolute Gasteiger partial charge is 0.343 e. The third-order valence-corrected chi connectivity index (χ3v) is 1.42. The van der Waals surface area contributed by atoms with Crippen LogP contribution >= 0.6 is 0 Å². The van der Waals surface area contributed by atoms with Crippen molar-refractivity contribution in [2.45, 2.75) is 6.92 Å². The fraction of sp³-hybridized carbons (Fsp3) is 0.429. The number of imidazole rings is 1. The van der Waals surface area contributed by atoms with Crippen LogP contribution in [-0.4, -0.2) is 17.3 Å². The lowest BCUT2D eigenvalue weighted by Gasteiger charge is -2.00. The molecule has 0 N–H and O–H groups in total. The SMILES string of the molecule is CCOn1cc[n+](C)c1C(=O)[O-]. The predicted octanol–water partition coefficient (Wildman–Crippen LogP) is -1.88. The van der Waals surface area contributed by atoms with Crippen molar-refractivity contribution < 1.29 is 19.3 Å². The number of hydrogen-bond donors (Lipinski definition) is 0. The summed E-state index contributed by atoms with van der Waals surface area (Å²) >= 11 is 0. The number of carbonyl (C=O) groups excluding carboxylic acids is 1. The number of carbonyl (C=O) groups is 1. The van der Waals surface area contributed by atoms with Gasteiger partial charge in [0.15, 0.2) is 12.2 Å². The normalized spacial score (nSPS) is 9.83. The van der Waals surface area contributed by atoms with Crippen molar-refractivity contribution in [3.8, 4) is 0 Å². The van der Waals surface area contributed by atoms with Crippen LogP contribution < -0.4 is 14.5 Å². The van der Waals surface area contributed by atoms with E-state index >= 15 is 0 Å². The van der Waals surface area contributed by atoms with Gasteiger partial charge in [0, 0.05) is 0 Å². The molecule has 5 nitrogen and oxygen atoms in total. The number of rotatable bonds is 3. The van der Waals surface area contributed by atoms with E-state index < -0.39 is 5.97 Å². The first kappa shape index (κ1) is 8.58. The van der Waals surface area contributed by atoms with Crippen molar-refractivity contribution in [3.63, 3.8) is 0 Å². The maximum Gasteiger partial charge on any atom is 0.343 e. The number of aromatic carboxylic acids is 1. The number of aromatic nitrogens is 2. The Bertz CT molecular complexity index is 293. The van der Waals surface area contributed by atoms with E-state index in [1.165, 1.54) is 15.5 Å². The molecular formula is C7H10N2O3.